The van der Waals surface area contributed by atoms with Gasteiger partial charge in [-0.05, 0) is 68.5 Å². The lowest BCUT2D eigenvalue weighted by atomic mass is 10.0. The lowest BCUT2D eigenvalue weighted by Crippen LogP contribution is -2.37. The van der Waals surface area contributed by atoms with E-state index in [1.807, 2.05) is 6.07 Å². The molecule has 0 spiro atoms. The number of ether oxygens (including phenoxy) is 1. The first-order valence-corrected chi connectivity index (χ1v) is 8.20. The van der Waals surface area contributed by atoms with Crippen LogP contribution in [0, 0.1) is 0 Å². The molecule has 0 saturated carbocycles. The SMILES string of the molecule is COc1c(Br)ccc(O)c1C(C)N(C)CC1CCCN1C. The summed E-state index contributed by atoms with van der Waals surface area (Å²) < 4.78 is 6.35. The Labute approximate surface area is 135 Å². The van der Waals surface area contributed by atoms with Crippen LogP contribution < -0.4 is 4.74 Å². The highest BCUT2D eigenvalue weighted by atomic mass is 79.9. The van der Waals surface area contributed by atoms with Crippen molar-refractivity contribution in [2.45, 2.75) is 31.8 Å². The number of hydrogen-bond acceptors (Lipinski definition) is 4. The molecular weight excluding hydrogens is 332 g/mol. The maximum atomic E-state index is 10.2. The number of rotatable bonds is 5. The van der Waals surface area contributed by atoms with Crippen LogP contribution in [0.5, 0.6) is 11.5 Å². The first-order chi connectivity index (χ1) is 9.95. The summed E-state index contributed by atoms with van der Waals surface area (Å²) in [7, 11) is 5.93. The summed E-state index contributed by atoms with van der Waals surface area (Å²) in [5.74, 6) is 1.00. The highest BCUT2D eigenvalue weighted by molar-refractivity contribution is 9.10. The molecule has 0 aromatic heterocycles. The van der Waals surface area contributed by atoms with E-state index < -0.39 is 0 Å². The van der Waals surface area contributed by atoms with Crippen molar-refractivity contribution in [3.63, 3.8) is 0 Å². The van der Waals surface area contributed by atoms with Gasteiger partial charge in [0, 0.05) is 18.6 Å². The summed E-state index contributed by atoms with van der Waals surface area (Å²) in [5, 5.41) is 10.2. The molecule has 5 heteroatoms. The summed E-state index contributed by atoms with van der Waals surface area (Å²) in [6, 6.07) is 4.22. The lowest BCUT2D eigenvalue weighted by Gasteiger charge is -2.31. The molecule has 2 rings (SSSR count). The Bertz CT molecular complexity index is 495. The molecule has 1 aliphatic rings. The molecule has 0 radical (unpaired) electrons. The average Bonchev–Trinajstić information content (AvgIpc) is 2.85. The van der Waals surface area contributed by atoms with Gasteiger partial charge in [-0.2, -0.15) is 0 Å². The minimum absolute atomic E-state index is 0.0893. The van der Waals surface area contributed by atoms with Crippen LogP contribution >= 0.6 is 15.9 Å². The predicted octanol–water partition coefficient (Wildman–Crippen LogP) is 3.25. The number of nitrogens with zero attached hydrogens (tertiary/aromatic N) is 2. The molecular formula is C16H25BrN2O2. The number of halogens is 1. The monoisotopic (exact) mass is 356 g/mol. The highest BCUT2D eigenvalue weighted by Gasteiger charge is 2.27. The molecule has 1 aromatic rings. The molecule has 1 N–H and O–H groups in total. The highest BCUT2D eigenvalue weighted by Crippen LogP contribution is 2.40. The summed E-state index contributed by atoms with van der Waals surface area (Å²) in [4.78, 5) is 4.71. The average molecular weight is 357 g/mol. The number of likely N-dealkylation sites (N-methyl/N-ethyl adjacent to an activating group) is 2. The minimum atomic E-state index is 0.0893. The Morgan fingerprint density at radius 2 is 2.24 bits per heavy atom. The normalized spacial score (nSPS) is 21.0. The predicted molar refractivity (Wildman–Crippen MR) is 89.1 cm³/mol. The molecule has 1 aliphatic heterocycles. The third kappa shape index (κ3) is 3.52. The Balaban J connectivity index is 2.19. The van der Waals surface area contributed by atoms with E-state index in [1.54, 1.807) is 13.2 Å². The van der Waals surface area contributed by atoms with E-state index in [4.69, 9.17) is 4.74 Å². The Hall–Kier alpha value is -0.780. The van der Waals surface area contributed by atoms with E-state index >= 15 is 0 Å². The second-order valence-corrected chi connectivity index (χ2v) is 6.76. The van der Waals surface area contributed by atoms with Crippen molar-refractivity contribution >= 4 is 15.9 Å². The maximum absolute atomic E-state index is 10.2. The first kappa shape index (κ1) is 16.6. The third-order valence-corrected chi connectivity index (χ3v) is 5.20. The number of likely N-dealkylation sites (tertiary alicyclic amines) is 1. The molecule has 2 atom stereocenters. The number of benzene rings is 1. The van der Waals surface area contributed by atoms with E-state index in [1.165, 1.54) is 19.4 Å². The van der Waals surface area contributed by atoms with Gasteiger partial charge >= 0.3 is 0 Å². The van der Waals surface area contributed by atoms with E-state index in [-0.39, 0.29) is 11.8 Å². The van der Waals surface area contributed by atoms with Crippen molar-refractivity contribution < 1.29 is 9.84 Å². The van der Waals surface area contributed by atoms with Crippen LogP contribution in [0.25, 0.3) is 0 Å². The summed E-state index contributed by atoms with van der Waals surface area (Å²) in [6.07, 6.45) is 2.52. The second-order valence-electron chi connectivity index (χ2n) is 5.91. The van der Waals surface area contributed by atoms with Crippen LogP contribution in [0.15, 0.2) is 16.6 Å². The molecule has 1 saturated heterocycles. The van der Waals surface area contributed by atoms with Gasteiger partial charge in [0.15, 0.2) is 0 Å². The van der Waals surface area contributed by atoms with Crippen molar-refractivity contribution in [1.29, 1.82) is 0 Å². The fourth-order valence-electron chi connectivity index (χ4n) is 3.09. The quantitative estimate of drug-likeness (QED) is 0.878. The van der Waals surface area contributed by atoms with E-state index in [9.17, 15) is 5.11 Å². The number of aromatic hydroxyl groups is 1. The molecule has 0 bridgehead atoms. The Morgan fingerprint density at radius 3 is 2.81 bits per heavy atom. The molecule has 1 fully saturated rings. The van der Waals surface area contributed by atoms with E-state index in [2.05, 4.69) is 46.7 Å². The van der Waals surface area contributed by atoms with Crippen molar-refractivity contribution in [3.05, 3.63) is 22.2 Å². The molecule has 1 heterocycles. The van der Waals surface area contributed by atoms with Crippen LogP contribution in [0.3, 0.4) is 0 Å². The molecule has 118 valence electrons. The zero-order valence-corrected chi connectivity index (χ0v) is 14.9. The van der Waals surface area contributed by atoms with Crippen molar-refractivity contribution in [2.75, 3.05) is 34.3 Å². The van der Waals surface area contributed by atoms with Gasteiger partial charge in [-0.1, -0.05) is 0 Å². The molecule has 21 heavy (non-hydrogen) atoms. The summed E-state index contributed by atoms with van der Waals surface area (Å²) in [5.41, 5.74) is 0.843. The first-order valence-electron chi connectivity index (χ1n) is 7.41. The fourth-order valence-corrected chi connectivity index (χ4v) is 3.60. The second kappa shape index (κ2) is 6.99. The molecule has 2 unspecified atom stereocenters. The van der Waals surface area contributed by atoms with Gasteiger partial charge in [-0.3, -0.25) is 4.90 Å². The van der Waals surface area contributed by atoms with Crippen LogP contribution in [0.2, 0.25) is 0 Å². The zero-order valence-electron chi connectivity index (χ0n) is 13.3. The summed E-state index contributed by atoms with van der Waals surface area (Å²) in [6.45, 7) is 4.28. The number of phenolic OH excluding ortho intramolecular Hbond substituents is 1. The topological polar surface area (TPSA) is 35.9 Å². The lowest BCUT2D eigenvalue weighted by molar-refractivity contribution is 0.181. The van der Waals surface area contributed by atoms with Gasteiger partial charge in [0.2, 0.25) is 0 Å². The number of phenols is 1. The van der Waals surface area contributed by atoms with E-state index in [0.29, 0.717) is 11.8 Å². The van der Waals surface area contributed by atoms with Gasteiger partial charge < -0.3 is 14.7 Å². The number of methoxy groups -OCH3 is 1. The van der Waals surface area contributed by atoms with Crippen LogP contribution in [-0.4, -0.2) is 55.2 Å². The van der Waals surface area contributed by atoms with Crippen LogP contribution in [0.1, 0.15) is 31.4 Å². The van der Waals surface area contributed by atoms with Crippen molar-refractivity contribution in [1.82, 2.24) is 9.80 Å². The summed E-state index contributed by atoms with van der Waals surface area (Å²) >= 11 is 3.49. The standard InChI is InChI=1S/C16H25BrN2O2/c1-11(19(3)10-12-6-5-9-18(12)2)15-14(20)8-7-13(17)16(15)21-4/h7-8,11-12,20H,5-6,9-10H2,1-4H3. The zero-order chi connectivity index (χ0) is 15.6. The fraction of sp³-hybridized carbons (Fsp3) is 0.625. The third-order valence-electron chi connectivity index (χ3n) is 4.58. The van der Waals surface area contributed by atoms with Crippen molar-refractivity contribution in [3.8, 4) is 11.5 Å². The smallest absolute Gasteiger partial charge is 0.141 e. The maximum Gasteiger partial charge on any atom is 0.141 e. The molecule has 4 nitrogen and oxygen atoms in total. The molecule has 0 aliphatic carbocycles. The minimum Gasteiger partial charge on any atom is -0.507 e. The van der Waals surface area contributed by atoms with Crippen molar-refractivity contribution in [2.24, 2.45) is 0 Å². The number of hydrogen-bond donors (Lipinski definition) is 1. The largest absolute Gasteiger partial charge is 0.507 e. The molecule has 1 aromatic carbocycles. The van der Waals surface area contributed by atoms with Crippen LogP contribution in [-0.2, 0) is 0 Å². The van der Waals surface area contributed by atoms with Gasteiger partial charge in [-0.25, -0.2) is 0 Å². The van der Waals surface area contributed by atoms with Gasteiger partial charge in [0.05, 0.1) is 17.1 Å². The van der Waals surface area contributed by atoms with Crippen LogP contribution in [0.4, 0.5) is 0 Å². The van der Waals surface area contributed by atoms with Gasteiger partial charge in [0.1, 0.15) is 11.5 Å². The Kier molecular flexibility index (Phi) is 5.52. The van der Waals surface area contributed by atoms with Gasteiger partial charge in [-0.15, -0.1) is 0 Å². The van der Waals surface area contributed by atoms with E-state index in [0.717, 1.165) is 16.6 Å². The Morgan fingerprint density at radius 1 is 1.52 bits per heavy atom. The van der Waals surface area contributed by atoms with Gasteiger partial charge in [0.25, 0.3) is 0 Å². The molecule has 0 amide bonds.